The second kappa shape index (κ2) is 4.81. The summed E-state index contributed by atoms with van der Waals surface area (Å²) in [7, 11) is 1.53. The van der Waals surface area contributed by atoms with Gasteiger partial charge in [-0.15, -0.1) is 0 Å². The van der Waals surface area contributed by atoms with Crippen molar-refractivity contribution in [3.05, 3.63) is 28.3 Å². The van der Waals surface area contributed by atoms with E-state index in [9.17, 15) is 9.90 Å². The number of hydrogen-bond acceptors (Lipinski definition) is 2. The molecule has 1 N–H and O–H groups in total. The largest absolute Gasteiger partial charge is 0.495 e. The zero-order valence-corrected chi connectivity index (χ0v) is 11.4. The number of halogens is 1. The molecule has 1 aliphatic carbocycles. The number of carboxylic acid groups (broad SMARTS) is 1. The highest BCUT2D eigenvalue weighted by molar-refractivity contribution is 6.32. The van der Waals surface area contributed by atoms with Crippen LogP contribution >= 0.6 is 11.6 Å². The molecular weight excluding hydrogens is 252 g/mol. The fourth-order valence-corrected chi connectivity index (χ4v) is 3.22. The number of ether oxygens (including phenoxy) is 1. The Bertz CT molecular complexity index is 476. The van der Waals surface area contributed by atoms with Crippen LogP contribution in [0.25, 0.3) is 0 Å². The zero-order chi connectivity index (χ0) is 13.3. The van der Waals surface area contributed by atoms with Crippen LogP contribution in [0.1, 0.15) is 36.8 Å². The first-order valence-electron chi connectivity index (χ1n) is 6.09. The maximum absolute atomic E-state index is 11.7. The molecule has 0 aliphatic heterocycles. The van der Waals surface area contributed by atoms with Crippen LogP contribution in [-0.4, -0.2) is 18.2 Å². The molecule has 0 bridgehead atoms. The predicted octanol–water partition coefficient (Wildman–Crippen LogP) is 3.55. The molecule has 1 aromatic rings. The summed E-state index contributed by atoms with van der Waals surface area (Å²) in [6.45, 7) is 1.92. The van der Waals surface area contributed by atoms with Gasteiger partial charge in [-0.05, 0) is 31.4 Å². The van der Waals surface area contributed by atoms with Gasteiger partial charge in [0, 0.05) is 5.56 Å². The Labute approximate surface area is 112 Å². The molecule has 0 heterocycles. The van der Waals surface area contributed by atoms with Crippen molar-refractivity contribution in [2.45, 2.75) is 38.0 Å². The van der Waals surface area contributed by atoms with E-state index in [1.165, 1.54) is 7.11 Å². The Morgan fingerprint density at radius 2 is 2.00 bits per heavy atom. The second-order valence-electron chi connectivity index (χ2n) is 4.92. The summed E-state index contributed by atoms with van der Waals surface area (Å²) in [4.78, 5) is 11.7. The first-order valence-corrected chi connectivity index (χ1v) is 6.47. The summed E-state index contributed by atoms with van der Waals surface area (Å²) in [5.74, 6) is -0.272. The summed E-state index contributed by atoms with van der Waals surface area (Å²) in [5.41, 5.74) is 0.851. The van der Waals surface area contributed by atoms with E-state index >= 15 is 0 Å². The normalized spacial score (nSPS) is 17.7. The third-order valence-corrected chi connectivity index (χ3v) is 4.05. The molecule has 1 aliphatic rings. The lowest BCUT2D eigenvalue weighted by Crippen LogP contribution is -2.33. The molecule has 1 fully saturated rings. The number of methoxy groups -OCH3 is 1. The number of rotatable bonds is 3. The summed E-state index contributed by atoms with van der Waals surface area (Å²) >= 11 is 6.16. The Morgan fingerprint density at radius 3 is 2.50 bits per heavy atom. The quantitative estimate of drug-likeness (QED) is 0.912. The van der Waals surface area contributed by atoms with E-state index in [4.69, 9.17) is 16.3 Å². The average molecular weight is 269 g/mol. The third-order valence-electron chi connectivity index (χ3n) is 3.77. The number of benzene rings is 1. The third kappa shape index (κ3) is 1.97. The molecule has 0 radical (unpaired) electrons. The highest BCUT2D eigenvalue weighted by atomic mass is 35.5. The second-order valence-corrected chi connectivity index (χ2v) is 5.33. The van der Waals surface area contributed by atoms with Crippen LogP contribution in [0.5, 0.6) is 5.75 Å². The van der Waals surface area contributed by atoms with Gasteiger partial charge in [-0.2, -0.15) is 0 Å². The van der Waals surface area contributed by atoms with E-state index in [0.29, 0.717) is 23.6 Å². The molecule has 2 rings (SSSR count). The Hall–Kier alpha value is -1.22. The van der Waals surface area contributed by atoms with Crippen LogP contribution in [0, 0.1) is 6.92 Å². The SMILES string of the molecule is COc1c(Cl)cc(C)cc1C1(C(=O)O)CCCC1. The van der Waals surface area contributed by atoms with Crippen LogP contribution in [-0.2, 0) is 10.2 Å². The monoisotopic (exact) mass is 268 g/mol. The van der Waals surface area contributed by atoms with Gasteiger partial charge in [0.05, 0.1) is 17.5 Å². The number of carbonyl (C=O) groups is 1. The highest BCUT2D eigenvalue weighted by Crippen LogP contribution is 2.47. The van der Waals surface area contributed by atoms with Gasteiger partial charge in [0.15, 0.2) is 0 Å². The fourth-order valence-electron chi connectivity index (χ4n) is 2.87. The Balaban J connectivity index is 2.64. The molecule has 3 nitrogen and oxygen atoms in total. The van der Waals surface area contributed by atoms with Crippen LogP contribution in [0.15, 0.2) is 12.1 Å². The first kappa shape index (κ1) is 13.2. The zero-order valence-electron chi connectivity index (χ0n) is 10.6. The van der Waals surface area contributed by atoms with E-state index in [2.05, 4.69) is 0 Å². The van der Waals surface area contributed by atoms with Gasteiger partial charge in [-0.3, -0.25) is 4.79 Å². The van der Waals surface area contributed by atoms with Gasteiger partial charge in [0.25, 0.3) is 0 Å². The Morgan fingerprint density at radius 1 is 1.39 bits per heavy atom. The summed E-state index contributed by atoms with van der Waals surface area (Å²) in [5, 5.41) is 10.1. The molecule has 0 saturated heterocycles. The molecule has 1 aromatic carbocycles. The van der Waals surface area contributed by atoms with E-state index in [1.807, 2.05) is 13.0 Å². The summed E-state index contributed by atoms with van der Waals surface area (Å²) in [6, 6.07) is 3.69. The number of carboxylic acids is 1. The summed E-state index contributed by atoms with van der Waals surface area (Å²) in [6.07, 6.45) is 3.17. The van der Waals surface area contributed by atoms with Crippen molar-refractivity contribution in [3.8, 4) is 5.75 Å². The minimum absolute atomic E-state index is 0.486. The standard InChI is InChI=1S/C14H17ClO3/c1-9-7-10(12(18-2)11(15)8-9)14(13(16)17)5-3-4-6-14/h7-8H,3-6H2,1-2H3,(H,16,17). The van der Waals surface area contributed by atoms with Crippen LogP contribution in [0.4, 0.5) is 0 Å². The minimum atomic E-state index is -0.832. The highest BCUT2D eigenvalue weighted by Gasteiger charge is 2.45. The predicted molar refractivity (Wildman–Crippen MR) is 70.5 cm³/mol. The van der Waals surface area contributed by atoms with E-state index < -0.39 is 11.4 Å². The first-order chi connectivity index (χ1) is 8.51. The molecule has 0 spiro atoms. The summed E-state index contributed by atoms with van der Waals surface area (Å²) < 4.78 is 5.32. The van der Waals surface area contributed by atoms with Crippen molar-refractivity contribution in [1.29, 1.82) is 0 Å². The fraction of sp³-hybridized carbons (Fsp3) is 0.500. The maximum atomic E-state index is 11.7. The van der Waals surface area contributed by atoms with Crippen LogP contribution in [0.3, 0.4) is 0 Å². The lowest BCUT2D eigenvalue weighted by molar-refractivity contribution is -0.143. The smallest absolute Gasteiger partial charge is 0.314 e. The molecule has 0 aromatic heterocycles. The topological polar surface area (TPSA) is 46.5 Å². The van der Waals surface area contributed by atoms with E-state index in [1.54, 1.807) is 6.07 Å². The van der Waals surface area contributed by atoms with Crippen molar-refractivity contribution in [2.75, 3.05) is 7.11 Å². The molecule has 4 heteroatoms. The molecule has 0 amide bonds. The van der Waals surface area contributed by atoms with Crippen molar-refractivity contribution < 1.29 is 14.6 Å². The van der Waals surface area contributed by atoms with Crippen molar-refractivity contribution in [3.63, 3.8) is 0 Å². The van der Waals surface area contributed by atoms with Gasteiger partial charge in [0.2, 0.25) is 0 Å². The van der Waals surface area contributed by atoms with Crippen molar-refractivity contribution in [2.24, 2.45) is 0 Å². The number of aliphatic carboxylic acids is 1. The molecule has 18 heavy (non-hydrogen) atoms. The molecule has 0 unspecified atom stereocenters. The van der Waals surface area contributed by atoms with Crippen LogP contribution < -0.4 is 4.74 Å². The number of aryl methyl sites for hydroxylation is 1. The van der Waals surface area contributed by atoms with E-state index in [0.717, 1.165) is 24.0 Å². The molecule has 0 atom stereocenters. The molecule has 1 saturated carbocycles. The van der Waals surface area contributed by atoms with Gasteiger partial charge in [0.1, 0.15) is 5.75 Å². The van der Waals surface area contributed by atoms with Gasteiger partial charge in [-0.1, -0.05) is 30.5 Å². The lowest BCUT2D eigenvalue weighted by Gasteiger charge is -2.27. The lowest BCUT2D eigenvalue weighted by atomic mass is 9.78. The van der Waals surface area contributed by atoms with Gasteiger partial charge in [-0.25, -0.2) is 0 Å². The molecule has 98 valence electrons. The minimum Gasteiger partial charge on any atom is -0.495 e. The van der Waals surface area contributed by atoms with Gasteiger partial charge >= 0.3 is 5.97 Å². The maximum Gasteiger partial charge on any atom is 0.314 e. The van der Waals surface area contributed by atoms with Crippen LogP contribution in [0.2, 0.25) is 5.02 Å². The van der Waals surface area contributed by atoms with Crippen molar-refractivity contribution >= 4 is 17.6 Å². The Kier molecular flexibility index (Phi) is 3.53. The van der Waals surface area contributed by atoms with Gasteiger partial charge < -0.3 is 9.84 Å². The number of hydrogen-bond donors (Lipinski definition) is 1. The van der Waals surface area contributed by atoms with E-state index in [-0.39, 0.29) is 0 Å². The molecular formula is C14H17ClO3. The van der Waals surface area contributed by atoms with Crippen molar-refractivity contribution in [1.82, 2.24) is 0 Å². The average Bonchev–Trinajstić information content (AvgIpc) is 2.78.